The van der Waals surface area contributed by atoms with Gasteiger partial charge in [0.15, 0.2) is 0 Å². The van der Waals surface area contributed by atoms with Crippen LogP contribution >= 0.6 is 19.3 Å². The summed E-state index contributed by atoms with van der Waals surface area (Å²) in [5.41, 5.74) is 1.78. The zero-order chi connectivity index (χ0) is 30.1. The van der Waals surface area contributed by atoms with Gasteiger partial charge in [0, 0.05) is 18.5 Å². The van der Waals surface area contributed by atoms with Crippen LogP contribution in [0.5, 0.6) is 0 Å². The SMILES string of the molecule is CCOC(=O)CN1C(=O)C(NP(=O)(CCCCCCN2C(=O)c3ccccc3C2=O)OCC)CS[C@@H]1c1ccccc1. The number of nitrogens with zero attached hydrogens (tertiary/aromatic N) is 2. The third kappa shape index (κ3) is 7.69. The van der Waals surface area contributed by atoms with E-state index < -0.39 is 19.5 Å². The number of carbonyl (C=O) groups is 4. The molecule has 1 saturated heterocycles. The summed E-state index contributed by atoms with van der Waals surface area (Å²) in [6.07, 6.45) is 2.92. The fraction of sp³-hybridized carbons (Fsp3) is 0.467. The Kier molecular flexibility index (Phi) is 11.4. The van der Waals surface area contributed by atoms with Crippen LogP contribution in [0.25, 0.3) is 0 Å². The van der Waals surface area contributed by atoms with E-state index in [0.29, 0.717) is 36.3 Å². The number of hydrogen-bond acceptors (Lipinski definition) is 8. The van der Waals surface area contributed by atoms with Crippen LogP contribution in [0.4, 0.5) is 0 Å². The van der Waals surface area contributed by atoms with Crippen LogP contribution in [0.2, 0.25) is 0 Å². The van der Waals surface area contributed by atoms with Crippen molar-refractivity contribution in [1.29, 1.82) is 0 Å². The molecule has 3 amide bonds. The molecule has 0 saturated carbocycles. The number of ether oxygens (including phenoxy) is 1. The van der Waals surface area contributed by atoms with Gasteiger partial charge in [0.05, 0.1) is 24.3 Å². The summed E-state index contributed by atoms with van der Waals surface area (Å²) in [5.74, 6) is -0.974. The van der Waals surface area contributed by atoms with Crippen LogP contribution in [0.15, 0.2) is 54.6 Å². The van der Waals surface area contributed by atoms with E-state index in [9.17, 15) is 23.7 Å². The highest BCUT2D eigenvalue weighted by atomic mass is 32.2. The fourth-order valence-corrected chi connectivity index (χ4v) is 8.65. The molecule has 42 heavy (non-hydrogen) atoms. The highest BCUT2D eigenvalue weighted by molar-refractivity contribution is 7.99. The lowest BCUT2D eigenvalue weighted by Gasteiger charge is -2.39. The molecule has 3 atom stereocenters. The first-order chi connectivity index (χ1) is 20.3. The average molecular weight is 616 g/mol. The van der Waals surface area contributed by atoms with Crippen molar-refractivity contribution in [3.63, 3.8) is 0 Å². The van der Waals surface area contributed by atoms with Crippen LogP contribution in [-0.4, -0.2) is 77.8 Å². The molecule has 0 bridgehead atoms. The quantitative estimate of drug-likeness (QED) is 0.129. The number of esters is 1. The molecule has 226 valence electrons. The molecular weight excluding hydrogens is 577 g/mol. The predicted molar refractivity (Wildman–Crippen MR) is 161 cm³/mol. The second kappa shape index (κ2) is 15.0. The number of amides is 3. The third-order valence-corrected chi connectivity index (χ3v) is 10.8. The van der Waals surface area contributed by atoms with Crippen molar-refractivity contribution in [2.24, 2.45) is 0 Å². The molecular formula is C30H38N3O7PS. The number of fused-ring (bicyclic) bond motifs is 1. The summed E-state index contributed by atoms with van der Waals surface area (Å²) >= 11 is 1.50. The second-order valence-electron chi connectivity index (χ2n) is 10.1. The van der Waals surface area contributed by atoms with E-state index in [0.717, 1.165) is 18.4 Å². The molecule has 2 aromatic carbocycles. The van der Waals surface area contributed by atoms with Gasteiger partial charge >= 0.3 is 5.97 Å². The smallest absolute Gasteiger partial charge is 0.325 e. The molecule has 2 aliphatic rings. The Morgan fingerprint density at radius 3 is 2.21 bits per heavy atom. The van der Waals surface area contributed by atoms with Crippen LogP contribution < -0.4 is 5.09 Å². The Morgan fingerprint density at radius 1 is 0.929 bits per heavy atom. The molecule has 0 aliphatic carbocycles. The van der Waals surface area contributed by atoms with Crippen LogP contribution in [0.1, 0.15) is 71.2 Å². The van der Waals surface area contributed by atoms with E-state index in [1.54, 1.807) is 38.1 Å². The number of unbranched alkanes of at least 4 members (excludes halogenated alkanes) is 3. The lowest BCUT2D eigenvalue weighted by atomic mass is 10.1. The second-order valence-corrected chi connectivity index (χ2v) is 13.5. The fourth-order valence-electron chi connectivity index (χ4n) is 5.16. The minimum Gasteiger partial charge on any atom is -0.465 e. The largest absolute Gasteiger partial charge is 0.465 e. The Balaban J connectivity index is 1.30. The maximum absolute atomic E-state index is 13.8. The summed E-state index contributed by atoms with van der Waals surface area (Å²) < 4.78 is 24.6. The highest BCUT2D eigenvalue weighted by Crippen LogP contribution is 2.46. The average Bonchev–Trinajstić information content (AvgIpc) is 3.22. The zero-order valence-corrected chi connectivity index (χ0v) is 25.7. The van der Waals surface area contributed by atoms with Crippen molar-refractivity contribution < 1.29 is 33.0 Å². The summed E-state index contributed by atoms with van der Waals surface area (Å²) in [6, 6.07) is 15.5. The molecule has 0 aromatic heterocycles. The third-order valence-electron chi connectivity index (χ3n) is 7.13. The minimum absolute atomic E-state index is 0.205. The zero-order valence-electron chi connectivity index (χ0n) is 24.0. The lowest BCUT2D eigenvalue weighted by Crippen LogP contribution is -2.53. The van der Waals surface area contributed by atoms with E-state index in [-0.39, 0.29) is 49.0 Å². The van der Waals surface area contributed by atoms with Crippen molar-refractivity contribution in [3.8, 4) is 0 Å². The molecule has 1 N–H and O–H groups in total. The highest BCUT2D eigenvalue weighted by Gasteiger charge is 2.41. The van der Waals surface area contributed by atoms with Gasteiger partial charge < -0.3 is 14.2 Å². The molecule has 4 rings (SSSR count). The first kappa shape index (κ1) is 31.9. The van der Waals surface area contributed by atoms with Gasteiger partial charge in [0.25, 0.3) is 19.3 Å². The Labute approximate surface area is 251 Å². The predicted octanol–water partition coefficient (Wildman–Crippen LogP) is 4.87. The molecule has 2 heterocycles. The van der Waals surface area contributed by atoms with E-state index in [1.165, 1.54) is 21.6 Å². The maximum atomic E-state index is 13.8. The Morgan fingerprint density at radius 2 is 1.57 bits per heavy atom. The van der Waals surface area contributed by atoms with Gasteiger partial charge in [0.2, 0.25) is 5.91 Å². The van der Waals surface area contributed by atoms with Crippen molar-refractivity contribution >= 4 is 43.0 Å². The van der Waals surface area contributed by atoms with Crippen LogP contribution in [0.3, 0.4) is 0 Å². The molecule has 10 nitrogen and oxygen atoms in total. The Hall–Kier alpha value is -2.98. The van der Waals surface area contributed by atoms with E-state index in [2.05, 4.69) is 5.09 Å². The number of rotatable bonds is 15. The van der Waals surface area contributed by atoms with Gasteiger partial charge in [-0.15, -0.1) is 11.8 Å². The van der Waals surface area contributed by atoms with Crippen molar-refractivity contribution in [2.45, 2.75) is 50.9 Å². The van der Waals surface area contributed by atoms with Gasteiger partial charge in [-0.2, -0.15) is 0 Å². The van der Waals surface area contributed by atoms with Crippen LogP contribution in [0, 0.1) is 0 Å². The number of benzene rings is 2. The van der Waals surface area contributed by atoms with Gasteiger partial charge in [0.1, 0.15) is 18.0 Å². The van der Waals surface area contributed by atoms with Crippen LogP contribution in [-0.2, 0) is 23.4 Å². The van der Waals surface area contributed by atoms with Crippen molar-refractivity contribution in [3.05, 3.63) is 71.3 Å². The summed E-state index contributed by atoms with van der Waals surface area (Å²) in [4.78, 5) is 53.8. The molecule has 0 radical (unpaired) electrons. The first-order valence-corrected chi connectivity index (χ1v) is 17.2. The molecule has 2 aromatic rings. The molecule has 2 aliphatic heterocycles. The monoisotopic (exact) mass is 615 g/mol. The maximum Gasteiger partial charge on any atom is 0.325 e. The number of thioether (sulfide) groups is 1. The van der Waals surface area contributed by atoms with Crippen molar-refractivity contribution in [2.75, 3.05) is 38.2 Å². The summed E-state index contributed by atoms with van der Waals surface area (Å²) in [7, 11) is -3.36. The van der Waals surface area contributed by atoms with Gasteiger partial charge in [-0.3, -0.25) is 28.6 Å². The standard InChI is InChI=1S/C30H38N3O7PS/c1-3-39-26(34)20-33-29(37)25(21-42-30(33)22-14-8-7-9-15-22)31-41(38,40-4-2)19-13-6-5-12-18-32-27(35)23-16-10-11-17-24(23)28(32)36/h7-11,14-17,25,30H,3-6,12-13,18-21H2,1-2H3,(H,31,38)/t25?,30-,41?/m1/s1. The van der Waals surface area contributed by atoms with Gasteiger partial charge in [-0.05, 0) is 44.4 Å². The normalized spacial score (nSPS) is 20.0. The van der Waals surface area contributed by atoms with Crippen molar-refractivity contribution in [1.82, 2.24) is 14.9 Å². The molecule has 2 unspecified atom stereocenters. The van der Waals surface area contributed by atoms with Gasteiger partial charge in [-0.25, -0.2) is 5.09 Å². The first-order valence-electron chi connectivity index (χ1n) is 14.4. The molecule has 12 heteroatoms. The number of imide groups is 1. The number of nitrogens with one attached hydrogen (secondary N) is 1. The number of carbonyl (C=O) groups excluding carboxylic acids is 4. The van der Waals surface area contributed by atoms with E-state index in [1.807, 2.05) is 30.3 Å². The molecule has 0 spiro atoms. The van der Waals surface area contributed by atoms with E-state index in [4.69, 9.17) is 9.26 Å². The molecule has 1 fully saturated rings. The van der Waals surface area contributed by atoms with E-state index >= 15 is 0 Å². The minimum atomic E-state index is -3.36. The summed E-state index contributed by atoms with van der Waals surface area (Å²) in [6.45, 7) is 4.03. The number of hydrogen-bond donors (Lipinski definition) is 1. The Bertz CT molecular complexity index is 1290. The van der Waals surface area contributed by atoms with Gasteiger partial charge in [-0.1, -0.05) is 55.3 Å². The summed E-state index contributed by atoms with van der Waals surface area (Å²) in [5, 5.41) is 2.65. The topological polar surface area (TPSA) is 122 Å². The lowest BCUT2D eigenvalue weighted by molar-refractivity contribution is -0.150.